The van der Waals surface area contributed by atoms with Crippen LogP contribution < -0.4 is 4.74 Å². The molecule has 0 fully saturated rings. The third kappa shape index (κ3) is 3.61. The highest BCUT2D eigenvalue weighted by Crippen LogP contribution is 2.57. The van der Waals surface area contributed by atoms with E-state index in [2.05, 4.69) is 12.0 Å². The van der Waals surface area contributed by atoms with Crippen LogP contribution in [0.1, 0.15) is 37.8 Å². The molecule has 8 heteroatoms. The first-order chi connectivity index (χ1) is 14.9. The lowest BCUT2D eigenvalue weighted by Crippen LogP contribution is -2.53. The smallest absolute Gasteiger partial charge is 0.273 e. The van der Waals surface area contributed by atoms with Crippen LogP contribution in [0, 0.1) is 17.6 Å². The van der Waals surface area contributed by atoms with Crippen molar-refractivity contribution < 1.29 is 23.0 Å². The lowest BCUT2D eigenvalue weighted by atomic mass is 9.86. The lowest BCUT2D eigenvalue weighted by Gasteiger charge is -2.45. The quantitative estimate of drug-likeness (QED) is 0.656. The average molecular weight is 447 g/mol. The van der Waals surface area contributed by atoms with E-state index in [1.807, 2.05) is 24.3 Å². The van der Waals surface area contributed by atoms with Gasteiger partial charge in [0.25, 0.3) is 5.91 Å². The van der Waals surface area contributed by atoms with Crippen molar-refractivity contribution in [1.82, 2.24) is 5.01 Å². The van der Waals surface area contributed by atoms with Gasteiger partial charge < -0.3 is 9.47 Å². The Labute approximate surface area is 184 Å². The molecule has 164 valence electrons. The Hall–Kier alpha value is -2.45. The van der Waals surface area contributed by atoms with Crippen molar-refractivity contribution in [3.63, 3.8) is 0 Å². The molecule has 2 aromatic carbocycles. The summed E-state index contributed by atoms with van der Waals surface area (Å²) in [5.41, 5.74) is 0.820. The van der Waals surface area contributed by atoms with E-state index in [9.17, 15) is 13.6 Å². The molecule has 0 aliphatic carbocycles. The van der Waals surface area contributed by atoms with Crippen molar-refractivity contribution in [2.75, 3.05) is 13.7 Å². The Bertz CT molecular complexity index is 1030. The Morgan fingerprint density at radius 1 is 1.35 bits per heavy atom. The van der Waals surface area contributed by atoms with E-state index in [1.54, 1.807) is 6.92 Å². The number of amides is 1. The maximum atomic E-state index is 14.7. The number of ether oxygens (including phenoxy) is 2. The monoisotopic (exact) mass is 446 g/mol. The Balaban J connectivity index is 1.92. The summed E-state index contributed by atoms with van der Waals surface area (Å²) < 4.78 is 39.9. The largest absolute Gasteiger partial charge is 0.493 e. The van der Waals surface area contributed by atoms with E-state index in [0.717, 1.165) is 36.6 Å². The first-order valence-corrected chi connectivity index (χ1v) is 11.1. The van der Waals surface area contributed by atoms with Crippen LogP contribution in [0.5, 0.6) is 5.75 Å². The molecule has 0 unspecified atom stereocenters. The van der Waals surface area contributed by atoms with Crippen LogP contribution in [-0.4, -0.2) is 35.8 Å². The number of hydrogen-bond acceptors (Lipinski definition) is 5. The number of hydrazone groups is 1. The third-order valence-electron chi connectivity index (χ3n) is 5.73. The standard InChI is InChI=1S/C23H24F2N2O3S/c1-4-7-15-13-30-20-9-6-5-8-18(20)23(15)27(22(28)14(2)29-3)26-21(31-23)17-12-16(24)10-11-19(17)25/h5-6,8-12,14-15H,4,7,13H2,1-3H3/t14-,15+,23-/m0/s1. The molecule has 2 aromatic rings. The van der Waals surface area contributed by atoms with Crippen molar-refractivity contribution in [1.29, 1.82) is 0 Å². The predicted molar refractivity (Wildman–Crippen MR) is 116 cm³/mol. The minimum absolute atomic E-state index is 0.0315. The Morgan fingerprint density at radius 3 is 2.87 bits per heavy atom. The minimum atomic E-state index is -0.942. The van der Waals surface area contributed by atoms with Crippen molar-refractivity contribution in [2.24, 2.45) is 11.0 Å². The molecule has 2 aliphatic rings. The first kappa shape index (κ1) is 21.8. The predicted octanol–water partition coefficient (Wildman–Crippen LogP) is 4.90. The van der Waals surface area contributed by atoms with Crippen LogP contribution >= 0.6 is 11.8 Å². The van der Waals surface area contributed by atoms with Crippen LogP contribution in [0.3, 0.4) is 0 Å². The van der Waals surface area contributed by atoms with Crippen molar-refractivity contribution >= 4 is 22.7 Å². The van der Waals surface area contributed by atoms with Gasteiger partial charge in [-0.3, -0.25) is 4.79 Å². The van der Waals surface area contributed by atoms with Gasteiger partial charge in [-0.05, 0) is 37.6 Å². The number of thioether (sulfide) groups is 1. The number of para-hydroxylation sites is 1. The minimum Gasteiger partial charge on any atom is -0.493 e. The van der Waals surface area contributed by atoms with Crippen LogP contribution in [0.2, 0.25) is 0 Å². The summed E-state index contributed by atoms with van der Waals surface area (Å²) in [6, 6.07) is 10.7. The average Bonchev–Trinajstić information content (AvgIpc) is 3.17. The molecule has 3 atom stereocenters. The summed E-state index contributed by atoms with van der Waals surface area (Å²) in [6.45, 7) is 4.10. The molecule has 1 amide bonds. The second-order valence-electron chi connectivity index (χ2n) is 7.65. The maximum absolute atomic E-state index is 14.7. The highest BCUT2D eigenvalue weighted by Gasteiger charge is 2.57. The fourth-order valence-electron chi connectivity index (χ4n) is 4.10. The molecule has 0 saturated heterocycles. The number of methoxy groups -OCH3 is 1. The van der Waals surface area contributed by atoms with Gasteiger partial charge in [0.2, 0.25) is 0 Å². The number of hydrogen-bond donors (Lipinski definition) is 0. The van der Waals surface area contributed by atoms with E-state index in [0.29, 0.717) is 12.4 Å². The number of carbonyl (C=O) groups excluding carboxylic acids is 1. The second-order valence-corrected chi connectivity index (χ2v) is 8.86. The molecule has 2 heterocycles. The van der Waals surface area contributed by atoms with Gasteiger partial charge in [-0.15, -0.1) is 0 Å². The second kappa shape index (κ2) is 8.59. The van der Waals surface area contributed by atoms with E-state index in [1.165, 1.54) is 23.9 Å². The number of rotatable bonds is 5. The molecule has 0 radical (unpaired) electrons. The molecule has 0 aromatic heterocycles. The molecule has 0 saturated carbocycles. The highest BCUT2D eigenvalue weighted by atomic mass is 32.2. The van der Waals surface area contributed by atoms with Gasteiger partial charge in [0, 0.05) is 24.2 Å². The summed E-state index contributed by atoms with van der Waals surface area (Å²) in [5, 5.41) is 6.22. The van der Waals surface area contributed by atoms with Crippen molar-refractivity contribution in [3.8, 4) is 5.75 Å². The fourth-order valence-corrected chi connectivity index (χ4v) is 5.63. The van der Waals surface area contributed by atoms with Crippen LogP contribution in [-0.2, 0) is 14.4 Å². The normalized spacial score (nSPS) is 23.3. The number of carbonyl (C=O) groups is 1. The van der Waals surface area contributed by atoms with Crippen LogP contribution in [0.4, 0.5) is 8.78 Å². The van der Waals surface area contributed by atoms with Crippen molar-refractivity contribution in [3.05, 3.63) is 65.2 Å². The molecule has 4 rings (SSSR count). The van der Waals surface area contributed by atoms with Gasteiger partial charge in [-0.25, -0.2) is 13.8 Å². The fraction of sp³-hybridized carbons (Fsp3) is 0.391. The molecule has 2 aliphatic heterocycles. The summed E-state index contributed by atoms with van der Waals surface area (Å²) in [5.74, 6) is -0.963. The maximum Gasteiger partial charge on any atom is 0.273 e. The van der Waals surface area contributed by atoms with Crippen LogP contribution in [0.25, 0.3) is 0 Å². The molecular formula is C23H24F2N2O3S. The van der Waals surface area contributed by atoms with E-state index in [4.69, 9.17) is 9.47 Å². The summed E-state index contributed by atoms with van der Waals surface area (Å²) in [7, 11) is 1.46. The zero-order valence-corrected chi connectivity index (χ0v) is 18.4. The molecular weight excluding hydrogens is 422 g/mol. The topological polar surface area (TPSA) is 51.1 Å². The lowest BCUT2D eigenvalue weighted by molar-refractivity contribution is -0.147. The zero-order valence-electron chi connectivity index (χ0n) is 17.6. The number of benzene rings is 2. The molecule has 0 N–H and O–H groups in total. The van der Waals surface area contributed by atoms with Gasteiger partial charge >= 0.3 is 0 Å². The van der Waals surface area contributed by atoms with E-state index >= 15 is 0 Å². The Morgan fingerprint density at radius 2 is 2.13 bits per heavy atom. The SMILES string of the molecule is CCC[C@@H]1COc2ccccc2[C@@]12SC(c1cc(F)ccc1F)=NN2C(=O)[C@H](C)OC. The Kier molecular flexibility index (Phi) is 6.03. The summed E-state index contributed by atoms with van der Waals surface area (Å²) in [4.78, 5) is 12.5. The molecule has 31 heavy (non-hydrogen) atoms. The number of fused-ring (bicyclic) bond motifs is 2. The third-order valence-corrected chi connectivity index (χ3v) is 7.26. The van der Waals surface area contributed by atoms with Gasteiger partial charge in [-0.2, -0.15) is 5.10 Å². The number of halogens is 2. The van der Waals surface area contributed by atoms with Crippen LogP contribution in [0.15, 0.2) is 47.6 Å². The van der Waals surface area contributed by atoms with Gasteiger partial charge in [0.15, 0.2) is 4.87 Å². The van der Waals surface area contributed by atoms with E-state index in [-0.39, 0.29) is 22.4 Å². The van der Waals surface area contributed by atoms with Gasteiger partial charge in [0.1, 0.15) is 28.5 Å². The highest BCUT2D eigenvalue weighted by molar-refractivity contribution is 8.15. The number of nitrogens with zero attached hydrogens (tertiary/aromatic N) is 2. The molecule has 1 spiro atoms. The van der Waals surface area contributed by atoms with E-state index < -0.39 is 22.6 Å². The van der Waals surface area contributed by atoms with Gasteiger partial charge in [-0.1, -0.05) is 43.3 Å². The van der Waals surface area contributed by atoms with Gasteiger partial charge in [0.05, 0.1) is 6.61 Å². The first-order valence-electron chi connectivity index (χ1n) is 10.2. The molecule has 0 bridgehead atoms. The zero-order chi connectivity index (χ0) is 22.2. The van der Waals surface area contributed by atoms with Crippen molar-refractivity contribution in [2.45, 2.75) is 37.7 Å². The molecule has 5 nitrogen and oxygen atoms in total. The summed E-state index contributed by atoms with van der Waals surface area (Å²) in [6.07, 6.45) is 0.875. The summed E-state index contributed by atoms with van der Waals surface area (Å²) >= 11 is 1.28.